The number of amides is 1. The summed E-state index contributed by atoms with van der Waals surface area (Å²) < 4.78 is 0. The highest BCUT2D eigenvalue weighted by atomic mass is 16.2. The first kappa shape index (κ1) is 29.3. The molecule has 2 rings (SSSR count). The third-order valence-corrected chi connectivity index (χ3v) is 7.64. The molecule has 2 heterocycles. The lowest BCUT2D eigenvalue weighted by Gasteiger charge is -2.48. The molecule has 6 heteroatoms. The predicted molar refractivity (Wildman–Crippen MR) is 142 cm³/mol. The van der Waals surface area contributed by atoms with Gasteiger partial charge in [-0.1, -0.05) is 48.5 Å². The fourth-order valence-corrected chi connectivity index (χ4v) is 6.03. The largest absolute Gasteiger partial charge is 0.326 e. The first-order valence-corrected chi connectivity index (χ1v) is 14.1. The lowest BCUT2D eigenvalue weighted by Crippen LogP contribution is -2.67. The van der Waals surface area contributed by atoms with Crippen LogP contribution >= 0.6 is 0 Å². The number of nitrogens with one attached hydrogen (secondary N) is 1. The number of hydrogen-bond acceptors (Lipinski definition) is 5. The lowest BCUT2D eigenvalue weighted by molar-refractivity contribution is -0.149. The van der Waals surface area contributed by atoms with E-state index in [2.05, 4.69) is 63.6 Å². The number of carbonyl (C=O) groups excluding carboxylic acids is 2. The highest BCUT2D eigenvalue weighted by molar-refractivity contribution is 5.87. The summed E-state index contributed by atoms with van der Waals surface area (Å²) in [6.07, 6.45) is 6.33. The molecule has 198 valence electrons. The second-order valence-corrected chi connectivity index (χ2v) is 12.2. The maximum absolute atomic E-state index is 13.5. The molecule has 6 nitrogen and oxygen atoms in total. The van der Waals surface area contributed by atoms with E-state index in [0.717, 1.165) is 51.2 Å². The van der Waals surface area contributed by atoms with E-state index in [4.69, 9.17) is 0 Å². The topological polar surface area (TPSA) is 55.9 Å². The van der Waals surface area contributed by atoms with Crippen molar-refractivity contribution in [2.75, 3.05) is 52.4 Å². The van der Waals surface area contributed by atoms with Gasteiger partial charge < -0.3 is 24.8 Å². The summed E-state index contributed by atoms with van der Waals surface area (Å²) in [7, 11) is 0. The molecule has 0 aromatic heterocycles. The van der Waals surface area contributed by atoms with Crippen LogP contribution in [0.4, 0.5) is 0 Å². The Balaban J connectivity index is 2.01. The zero-order chi connectivity index (χ0) is 25.3. The molecule has 2 aliphatic heterocycles. The van der Waals surface area contributed by atoms with E-state index >= 15 is 0 Å². The zero-order valence-corrected chi connectivity index (χ0v) is 23.3. The minimum atomic E-state index is -0.717. The highest BCUT2D eigenvalue weighted by Crippen LogP contribution is 2.30. The lowest BCUT2D eigenvalue weighted by atomic mass is 9.84. The second kappa shape index (κ2) is 13.9. The van der Waals surface area contributed by atoms with Crippen LogP contribution < -0.4 is 5.32 Å². The summed E-state index contributed by atoms with van der Waals surface area (Å²) in [5.41, 5.74) is -0.717. The molecule has 0 unspecified atom stereocenters. The number of likely N-dealkylation sites (tertiary alicyclic amines) is 1. The number of hydrogen-bond donors (Lipinski definition) is 1. The normalized spacial score (nSPS) is 22.9. The third-order valence-electron chi connectivity index (χ3n) is 7.64. The summed E-state index contributed by atoms with van der Waals surface area (Å²) in [6, 6.07) is -0.168. The highest BCUT2D eigenvalue weighted by Gasteiger charge is 2.45. The number of piperidine rings is 1. The minimum absolute atomic E-state index is 0.118. The van der Waals surface area contributed by atoms with Crippen molar-refractivity contribution in [1.82, 2.24) is 20.0 Å². The summed E-state index contributed by atoms with van der Waals surface area (Å²) in [5.74, 6) is 2.40. The van der Waals surface area contributed by atoms with Gasteiger partial charge in [0.15, 0.2) is 0 Å². The van der Waals surface area contributed by atoms with Crippen LogP contribution in [0.15, 0.2) is 0 Å². The average molecular weight is 479 g/mol. The molecule has 0 bridgehead atoms. The number of aldehydes is 1. The van der Waals surface area contributed by atoms with Gasteiger partial charge in [0, 0.05) is 26.2 Å². The summed E-state index contributed by atoms with van der Waals surface area (Å²) >= 11 is 0. The summed E-state index contributed by atoms with van der Waals surface area (Å²) in [6.45, 7) is 23.1. The van der Waals surface area contributed by atoms with Crippen molar-refractivity contribution in [3.63, 3.8) is 0 Å². The van der Waals surface area contributed by atoms with E-state index in [0.29, 0.717) is 30.8 Å². The van der Waals surface area contributed by atoms with Gasteiger partial charge in [0.2, 0.25) is 5.91 Å². The predicted octanol–water partition coefficient (Wildman–Crippen LogP) is 3.90. The molecule has 1 N–H and O–H groups in total. The molecule has 2 atom stereocenters. The van der Waals surface area contributed by atoms with Crippen LogP contribution in [0.5, 0.6) is 0 Å². The van der Waals surface area contributed by atoms with Crippen LogP contribution in [0.3, 0.4) is 0 Å². The number of rotatable bonds is 14. The van der Waals surface area contributed by atoms with Crippen LogP contribution in [0.1, 0.15) is 80.6 Å². The maximum Gasteiger partial charge on any atom is 0.240 e. The first-order valence-electron chi connectivity index (χ1n) is 14.1. The van der Waals surface area contributed by atoms with Gasteiger partial charge in [-0.25, -0.2) is 0 Å². The molecule has 0 aliphatic carbocycles. The van der Waals surface area contributed by atoms with Gasteiger partial charge >= 0.3 is 0 Å². The Bertz CT molecular complexity index is 616. The molecule has 0 saturated carbocycles. The van der Waals surface area contributed by atoms with E-state index in [1.54, 1.807) is 0 Å². The maximum atomic E-state index is 13.5. The van der Waals surface area contributed by atoms with Gasteiger partial charge in [-0.05, 0) is 82.0 Å². The van der Waals surface area contributed by atoms with Crippen LogP contribution in [-0.2, 0) is 9.59 Å². The van der Waals surface area contributed by atoms with Gasteiger partial charge in [0.25, 0.3) is 0 Å². The quantitative estimate of drug-likeness (QED) is 0.384. The molecular weight excluding hydrogens is 424 g/mol. The SMILES string of the molecule is CCN(CCC1CCN(C[C@@](C=O)(CC(C)C)N2CCN[C@@H](CC(C)C)C2=O)CC1)CC(C)C. The number of carbonyl (C=O) groups is 2. The van der Waals surface area contributed by atoms with E-state index in [1.165, 1.54) is 32.4 Å². The molecule has 34 heavy (non-hydrogen) atoms. The Morgan fingerprint density at radius 1 is 1.06 bits per heavy atom. The van der Waals surface area contributed by atoms with Crippen LogP contribution in [0.25, 0.3) is 0 Å². The smallest absolute Gasteiger partial charge is 0.240 e. The monoisotopic (exact) mass is 478 g/mol. The van der Waals surface area contributed by atoms with Crippen LogP contribution in [-0.4, -0.2) is 90.8 Å². The molecule has 0 aromatic rings. The fourth-order valence-electron chi connectivity index (χ4n) is 6.03. The first-order chi connectivity index (χ1) is 16.1. The standard InChI is InChI=1S/C28H54N4O2/c1-8-30(19-24(6)7)13-9-25-10-14-31(15-11-25)20-28(21-33,18-23(4)5)32-16-12-29-26(27(32)34)17-22(2)3/h21-26,29H,8-20H2,1-7H3/t26-,28+/m0/s1. The van der Waals surface area contributed by atoms with Crippen molar-refractivity contribution in [1.29, 1.82) is 0 Å². The van der Waals surface area contributed by atoms with E-state index in [9.17, 15) is 9.59 Å². The molecule has 2 saturated heterocycles. The van der Waals surface area contributed by atoms with Crippen LogP contribution in [0.2, 0.25) is 0 Å². The molecule has 0 spiro atoms. The number of nitrogens with zero attached hydrogens (tertiary/aromatic N) is 3. The van der Waals surface area contributed by atoms with Gasteiger partial charge in [0.1, 0.15) is 11.8 Å². The van der Waals surface area contributed by atoms with Crippen molar-refractivity contribution in [3.8, 4) is 0 Å². The Labute approximate surface area is 210 Å². The Hall–Kier alpha value is -0.980. The summed E-state index contributed by atoms with van der Waals surface area (Å²) in [4.78, 5) is 33.2. The second-order valence-electron chi connectivity index (χ2n) is 12.2. The Morgan fingerprint density at radius 3 is 2.26 bits per heavy atom. The minimum Gasteiger partial charge on any atom is -0.326 e. The number of piperazine rings is 1. The Kier molecular flexibility index (Phi) is 12.0. The Morgan fingerprint density at radius 2 is 1.74 bits per heavy atom. The summed E-state index contributed by atoms with van der Waals surface area (Å²) in [5, 5.41) is 3.40. The van der Waals surface area contributed by atoms with Crippen molar-refractivity contribution < 1.29 is 9.59 Å². The van der Waals surface area contributed by atoms with E-state index < -0.39 is 5.54 Å². The molecule has 1 amide bonds. The average Bonchev–Trinajstić information content (AvgIpc) is 2.77. The fraction of sp³-hybridized carbons (Fsp3) is 0.929. The van der Waals surface area contributed by atoms with Gasteiger partial charge in [-0.15, -0.1) is 0 Å². The van der Waals surface area contributed by atoms with Crippen molar-refractivity contribution in [2.45, 2.75) is 92.2 Å². The molecule has 2 fully saturated rings. The van der Waals surface area contributed by atoms with Gasteiger partial charge in [-0.3, -0.25) is 4.79 Å². The molecule has 0 aromatic carbocycles. The van der Waals surface area contributed by atoms with Crippen molar-refractivity contribution >= 4 is 12.2 Å². The van der Waals surface area contributed by atoms with Gasteiger partial charge in [-0.2, -0.15) is 0 Å². The van der Waals surface area contributed by atoms with Crippen molar-refractivity contribution in [3.05, 3.63) is 0 Å². The molecule has 2 aliphatic rings. The molecular formula is C28H54N4O2. The van der Waals surface area contributed by atoms with E-state index in [1.807, 2.05) is 4.90 Å². The molecule has 0 radical (unpaired) electrons. The third kappa shape index (κ3) is 8.60. The van der Waals surface area contributed by atoms with E-state index in [-0.39, 0.29) is 11.9 Å². The van der Waals surface area contributed by atoms with Crippen LogP contribution in [0, 0.1) is 23.7 Å². The van der Waals surface area contributed by atoms with Gasteiger partial charge in [0.05, 0.1) is 6.04 Å². The van der Waals surface area contributed by atoms with Crippen molar-refractivity contribution in [2.24, 2.45) is 23.7 Å². The zero-order valence-electron chi connectivity index (χ0n) is 23.3.